The van der Waals surface area contributed by atoms with E-state index < -0.39 is 0 Å². The lowest BCUT2D eigenvalue weighted by atomic mass is 10.3. The Morgan fingerprint density at radius 3 is 3.05 bits per heavy atom. The Morgan fingerprint density at radius 2 is 2.32 bits per heavy atom. The highest BCUT2D eigenvalue weighted by molar-refractivity contribution is 9.10. The third kappa shape index (κ3) is 4.49. The number of nitrogens with zero attached hydrogens (tertiary/aromatic N) is 1. The molecule has 1 aliphatic heterocycles. The number of benzene rings is 1. The molecule has 0 spiro atoms. The number of primary amides is 1. The summed E-state index contributed by atoms with van der Waals surface area (Å²) in [5.74, 6) is 0.477. The van der Waals surface area contributed by atoms with E-state index in [4.69, 9.17) is 15.2 Å². The van der Waals surface area contributed by atoms with Gasteiger partial charge in [0.25, 0.3) is 0 Å². The maximum atomic E-state index is 10.9. The van der Waals surface area contributed by atoms with Crippen molar-refractivity contribution >= 4 is 21.8 Å². The number of hydrogen-bond donors (Lipinski definition) is 1. The van der Waals surface area contributed by atoms with E-state index in [1.54, 1.807) is 0 Å². The minimum Gasteiger partial charge on any atom is -0.490 e. The summed E-state index contributed by atoms with van der Waals surface area (Å²) in [7, 11) is 0. The van der Waals surface area contributed by atoms with E-state index in [-0.39, 0.29) is 18.6 Å². The van der Waals surface area contributed by atoms with Crippen LogP contribution in [0.15, 0.2) is 28.7 Å². The SMILES string of the molecule is NC(=O)CN1CCO[C@H](COc2ccccc2Br)C1. The van der Waals surface area contributed by atoms with E-state index in [1.807, 2.05) is 29.2 Å². The van der Waals surface area contributed by atoms with E-state index in [1.165, 1.54) is 0 Å². The van der Waals surface area contributed by atoms with Crippen LogP contribution in [-0.4, -0.2) is 49.8 Å². The van der Waals surface area contributed by atoms with Gasteiger partial charge in [-0.15, -0.1) is 0 Å². The molecule has 19 heavy (non-hydrogen) atoms. The van der Waals surface area contributed by atoms with Gasteiger partial charge in [-0.2, -0.15) is 0 Å². The first-order valence-electron chi connectivity index (χ1n) is 6.15. The van der Waals surface area contributed by atoms with Gasteiger partial charge in [-0.3, -0.25) is 9.69 Å². The van der Waals surface area contributed by atoms with E-state index in [2.05, 4.69) is 15.9 Å². The van der Waals surface area contributed by atoms with Crippen LogP contribution in [0, 0.1) is 0 Å². The molecule has 1 aromatic rings. The molecule has 6 heteroatoms. The maximum Gasteiger partial charge on any atom is 0.231 e. The van der Waals surface area contributed by atoms with Gasteiger partial charge in [0.15, 0.2) is 0 Å². The lowest BCUT2D eigenvalue weighted by molar-refractivity contribution is -0.121. The fraction of sp³-hybridized carbons (Fsp3) is 0.462. The smallest absolute Gasteiger partial charge is 0.231 e. The summed E-state index contributed by atoms with van der Waals surface area (Å²) in [6.07, 6.45) is -0.0415. The minimum absolute atomic E-state index is 0.0415. The molecule has 1 heterocycles. The van der Waals surface area contributed by atoms with Crippen molar-refractivity contribution in [3.05, 3.63) is 28.7 Å². The molecule has 2 rings (SSSR count). The van der Waals surface area contributed by atoms with Gasteiger partial charge in [0.05, 0.1) is 17.6 Å². The summed E-state index contributed by atoms with van der Waals surface area (Å²) in [5.41, 5.74) is 5.19. The normalized spacial score (nSPS) is 20.2. The average Bonchev–Trinajstić information content (AvgIpc) is 2.37. The van der Waals surface area contributed by atoms with Crippen LogP contribution >= 0.6 is 15.9 Å². The fourth-order valence-corrected chi connectivity index (χ4v) is 2.39. The number of morpholine rings is 1. The Labute approximate surface area is 120 Å². The number of carbonyl (C=O) groups excluding carboxylic acids is 1. The first-order valence-corrected chi connectivity index (χ1v) is 6.94. The second kappa shape index (κ2) is 6.88. The van der Waals surface area contributed by atoms with Crippen molar-refractivity contribution in [2.24, 2.45) is 5.73 Å². The molecule has 1 aliphatic rings. The summed E-state index contributed by atoms with van der Waals surface area (Å²) < 4.78 is 12.2. The summed E-state index contributed by atoms with van der Waals surface area (Å²) in [6, 6.07) is 7.68. The first kappa shape index (κ1) is 14.3. The van der Waals surface area contributed by atoms with Crippen molar-refractivity contribution in [2.75, 3.05) is 32.8 Å². The molecular formula is C13H17BrN2O3. The molecule has 1 fully saturated rings. The maximum absolute atomic E-state index is 10.9. The molecule has 0 aliphatic carbocycles. The molecule has 5 nitrogen and oxygen atoms in total. The van der Waals surface area contributed by atoms with Crippen LogP contribution in [0.5, 0.6) is 5.75 Å². The second-order valence-corrected chi connectivity index (χ2v) is 5.29. The number of carbonyl (C=O) groups is 1. The van der Waals surface area contributed by atoms with Crippen LogP contribution in [0.4, 0.5) is 0 Å². The van der Waals surface area contributed by atoms with Crippen LogP contribution in [0.25, 0.3) is 0 Å². The predicted octanol–water partition coefficient (Wildman–Crippen LogP) is 1.01. The molecule has 2 N–H and O–H groups in total. The third-order valence-electron chi connectivity index (χ3n) is 2.86. The zero-order valence-electron chi connectivity index (χ0n) is 10.5. The molecule has 0 radical (unpaired) electrons. The van der Waals surface area contributed by atoms with Crippen molar-refractivity contribution in [3.8, 4) is 5.75 Å². The molecule has 0 bridgehead atoms. The van der Waals surface area contributed by atoms with Gasteiger partial charge in [0, 0.05) is 13.1 Å². The van der Waals surface area contributed by atoms with Crippen LogP contribution in [0.1, 0.15) is 0 Å². The number of nitrogens with two attached hydrogens (primary N) is 1. The molecule has 1 amide bonds. The Balaban J connectivity index is 1.82. The molecule has 1 aromatic carbocycles. The van der Waals surface area contributed by atoms with Crippen molar-refractivity contribution in [3.63, 3.8) is 0 Å². The summed E-state index contributed by atoms with van der Waals surface area (Å²) in [4.78, 5) is 12.9. The van der Waals surface area contributed by atoms with Crippen LogP contribution in [0.3, 0.4) is 0 Å². The van der Waals surface area contributed by atoms with Crippen molar-refractivity contribution < 1.29 is 14.3 Å². The fourth-order valence-electron chi connectivity index (χ4n) is 1.99. The third-order valence-corrected chi connectivity index (χ3v) is 3.52. The first-order chi connectivity index (χ1) is 9.15. The zero-order chi connectivity index (χ0) is 13.7. The molecule has 0 aromatic heterocycles. The second-order valence-electron chi connectivity index (χ2n) is 4.44. The number of amides is 1. The monoisotopic (exact) mass is 328 g/mol. The number of halogens is 1. The quantitative estimate of drug-likeness (QED) is 0.876. The standard InChI is InChI=1S/C13H17BrN2O3/c14-11-3-1-2-4-12(11)19-9-10-7-16(5-6-18-10)8-13(15)17/h1-4,10H,5-9H2,(H2,15,17)/t10-/m0/s1. The summed E-state index contributed by atoms with van der Waals surface area (Å²) in [6.45, 7) is 2.71. The summed E-state index contributed by atoms with van der Waals surface area (Å²) >= 11 is 3.43. The molecule has 0 unspecified atom stereocenters. The molecule has 1 atom stereocenters. The van der Waals surface area contributed by atoms with E-state index in [0.717, 1.165) is 16.8 Å². The molecule has 1 saturated heterocycles. The highest BCUT2D eigenvalue weighted by atomic mass is 79.9. The van der Waals surface area contributed by atoms with E-state index in [9.17, 15) is 4.79 Å². The largest absolute Gasteiger partial charge is 0.490 e. The Bertz CT molecular complexity index is 442. The number of rotatable bonds is 5. The average molecular weight is 329 g/mol. The topological polar surface area (TPSA) is 64.8 Å². The molecule has 0 saturated carbocycles. The van der Waals surface area contributed by atoms with Crippen LogP contribution in [-0.2, 0) is 9.53 Å². The van der Waals surface area contributed by atoms with Gasteiger partial charge in [0.2, 0.25) is 5.91 Å². The highest BCUT2D eigenvalue weighted by Gasteiger charge is 2.22. The number of ether oxygens (including phenoxy) is 2. The van der Waals surface area contributed by atoms with Gasteiger partial charge < -0.3 is 15.2 Å². The Kier molecular flexibility index (Phi) is 5.18. The minimum atomic E-state index is -0.313. The van der Waals surface area contributed by atoms with Crippen molar-refractivity contribution in [2.45, 2.75) is 6.10 Å². The van der Waals surface area contributed by atoms with Crippen molar-refractivity contribution in [1.82, 2.24) is 4.90 Å². The predicted molar refractivity (Wildman–Crippen MR) is 75.0 cm³/mol. The van der Waals surface area contributed by atoms with Gasteiger partial charge in [-0.05, 0) is 28.1 Å². The van der Waals surface area contributed by atoms with Gasteiger partial charge in [0.1, 0.15) is 18.5 Å². The lowest BCUT2D eigenvalue weighted by Gasteiger charge is -2.31. The lowest BCUT2D eigenvalue weighted by Crippen LogP contribution is -2.47. The Hall–Kier alpha value is -1.11. The van der Waals surface area contributed by atoms with Gasteiger partial charge >= 0.3 is 0 Å². The molecular weight excluding hydrogens is 312 g/mol. The summed E-state index contributed by atoms with van der Waals surface area (Å²) in [5, 5.41) is 0. The number of para-hydroxylation sites is 1. The number of hydrogen-bond acceptors (Lipinski definition) is 4. The molecule has 104 valence electrons. The van der Waals surface area contributed by atoms with Gasteiger partial charge in [-0.25, -0.2) is 0 Å². The Morgan fingerprint density at radius 1 is 1.53 bits per heavy atom. The van der Waals surface area contributed by atoms with Crippen LogP contribution < -0.4 is 10.5 Å². The van der Waals surface area contributed by atoms with E-state index in [0.29, 0.717) is 19.8 Å². The van der Waals surface area contributed by atoms with Crippen molar-refractivity contribution in [1.29, 1.82) is 0 Å². The van der Waals surface area contributed by atoms with Crippen LogP contribution in [0.2, 0.25) is 0 Å². The highest BCUT2D eigenvalue weighted by Crippen LogP contribution is 2.24. The zero-order valence-corrected chi connectivity index (χ0v) is 12.1. The van der Waals surface area contributed by atoms with E-state index >= 15 is 0 Å². The van der Waals surface area contributed by atoms with Gasteiger partial charge in [-0.1, -0.05) is 12.1 Å².